The number of nitro benzene ring substituents is 1. The number of amides is 1. The van der Waals surface area contributed by atoms with Crippen molar-refractivity contribution in [1.29, 1.82) is 0 Å². The number of aliphatic imine (C=N–C) groups is 1. The van der Waals surface area contributed by atoms with Gasteiger partial charge in [-0.05, 0) is 23.3 Å². The van der Waals surface area contributed by atoms with Crippen LogP contribution in [0.25, 0.3) is 0 Å². The van der Waals surface area contributed by atoms with E-state index in [0.29, 0.717) is 22.5 Å². The van der Waals surface area contributed by atoms with Crippen molar-refractivity contribution in [3.63, 3.8) is 0 Å². The van der Waals surface area contributed by atoms with E-state index in [4.69, 9.17) is 23.2 Å². The molecular formula is C19H21Cl2N5O3. The molecule has 154 valence electrons. The molecule has 2 aromatic carbocycles. The van der Waals surface area contributed by atoms with Crippen molar-refractivity contribution < 1.29 is 9.72 Å². The zero-order valence-corrected chi connectivity index (χ0v) is 17.5. The first-order valence-corrected chi connectivity index (χ1v) is 9.41. The quantitative estimate of drug-likeness (QED) is 0.299. The Morgan fingerprint density at radius 1 is 1.14 bits per heavy atom. The minimum Gasteiger partial charge on any atom is -0.352 e. The predicted octanol–water partition coefficient (Wildman–Crippen LogP) is 3.23. The Kier molecular flexibility index (Phi) is 8.23. The summed E-state index contributed by atoms with van der Waals surface area (Å²) in [5, 5.41) is 17.9. The molecule has 0 aliphatic heterocycles. The molecule has 0 aliphatic carbocycles. The molecular weight excluding hydrogens is 417 g/mol. The molecule has 0 fully saturated rings. The van der Waals surface area contributed by atoms with Crippen molar-refractivity contribution in [3.05, 3.63) is 73.8 Å². The summed E-state index contributed by atoms with van der Waals surface area (Å²) in [5.41, 5.74) is 1.63. The van der Waals surface area contributed by atoms with E-state index in [2.05, 4.69) is 15.6 Å². The molecule has 10 heteroatoms. The maximum Gasteiger partial charge on any atom is 0.269 e. The van der Waals surface area contributed by atoms with Gasteiger partial charge in [-0.2, -0.15) is 0 Å². The first kappa shape index (κ1) is 22.4. The number of non-ortho nitro benzene ring substituents is 1. The Morgan fingerprint density at radius 2 is 1.83 bits per heavy atom. The second-order valence-corrected chi connectivity index (χ2v) is 7.16. The Labute approximate surface area is 178 Å². The smallest absolute Gasteiger partial charge is 0.269 e. The lowest BCUT2D eigenvalue weighted by molar-refractivity contribution is -0.384. The number of rotatable bonds is 7. The molecule has 0 aromatic heterocycles. The molecule has 0 saturated carbocycles. The molecule has 0 heterocycles. The molecule has 8 nitrogen and oxygen atoms in total. The molecule has 2 aromatic rings. The zero-order chi connectivity index (χ0) is 21.4. The number of nitro groups is 1. The first-order chi connectivity index (χ1) is 13.8. The van der Waals surface area contributed by atoms with Crippen LogP contribution < -0.4 is 10.6 Å². The number of likely N-dealkylation sites (N-methyl/N-ethyl adjacent to an activating group) is 1. The zero-order valence-electron chi connectivity index (χ0n) is 16.0. The van der Waals surface area contributed by atoms with Gasteiger partial charge in [0, 0.05) is 42.8 Å². The number of benzene rings is 2. The van der Waals surface area contributed by atoms with Crippen LogP contribution >= 0.6 is 23.2 Å². The third-order valence-corrected chi connectivity index (χ3v) is 4.52. The predicted molar refractivity (Wildman–Crippen MR) is 114 cm³/mol. The SMILES string of the molecule is CN(C)C(=O)CNC(=NCc1ccc([N+](=O)[O-])cc1)NCc1ccc(Cl)cc1Cl. The summed E-state index contributed by atoms with van der Waals surface area (Å²) in [6.45, 7) is 0.712. The highest BCUT2D eigenvalue weighted by Crippen LogP contribution is 2.20. The van der Waals surface area contributed by atoms with E-state index in [9.17, 15) is 14.9 Å². The lowest BCUT2D eigenvalue weighted by atomic mass is 10.2. The van der Waals surface area contributed by atoms with Crippen molar-refractivity contribution in [2.45, 2.75) is 13.1 Å². The second-order valence-electron chi connectivity index (χ2n) is 6.32. The van der Waals surface area contributed by atoms with Gasteiger partial charge in [-0.3, -0.25) is 14.9 Å². The van der Waals surface area contributed by atoms with Gasteiger partial charge in [0.1, 0.15) is 0 Å². The standard InChI is InChI=1S/C19H21Cl2N5O3/c1-25(2)18(27)12-24-19(23-11-14-5-6-15(20)9-17(14)21)22-10-13-3-7-16(8-4-13)26(28)29/h3-9H,10-12H2,1-2H3,(H2,22,23,24). The molecule has 29 heavy (non-hydrogen) atoms. The third-order valence-electron chi connectivity index (χ3n) is 3.93. The number of nitrogens with one attached hydrogen (secondary N) is 2. The Bertz CT molecular complexity index is 901. The van der Waals surface area contributed by atoms with Gasteiger partial charge in [0.25, 0.3) is 5.69 Å². The second kappa shape index (κ2) is 10.6. The molecule has 0 bridgehead atoms. The number of carbonyl (C=O) groups excluding carboxylic acids is 1. The van der Waals surface area contributed by atoms with E-state index >= 15 is 0 Å². The van der Waals surface area contributed by atoms with Gasteiger partial charge >= 0.3 is 0 Å². The number of guanidine groups is 1. The van der Waals surface area contributed by atoms with E-state index in [1.54, 1.807) is 44.4 Å². The van der Waals surface area contributed by atoms with Gasteiger partial charge in [0.15, 0.2) is 5.96 Å². The summed E-state index contributed by atoms with van der Waals surface area (Å²) in [6.07, 6.45) is 0. The lowest BCUT2D eigenvalue weighted by Gasteiger charge is -2.15. The van der Waals surface area contributed by atoms with E-state index in [-0.39, 0.29) is 24.7 Å². The van der Waals surface area contributed by atoms with Crippen molar-refractivity contribution in [3.8, 4) is 0 Å². The van der Waals surface area contributed by atoms with Gasteiger partial charge < -0.3 is 15.5 Å². The van der Waals surface area contributed by atoms with Crippen LogP contribution in [-0.4, -0.2) is 42.3 Å². The van der Waals surface area contributed by atoms with E-state index in [1.165, 1.54) is 17.0 Å². The van der Waals surface area contributed by atoms with Crippen LogP contribution in [0.1, 0.15) is 11.1 Å². The molecule has 2 rings (SSSR count). The molecule has 1 amide bonds. The summed E-state index contributed by atoms with van der Waals surface area (Å²) in [7, 11) is 3.33. The minimum absolute atomic E-state index is 0.0168. The Morgan fingerprint density at radius 3 is 2.41 bits per heavy atom. The van der Waals surface area contributed by atoms with Crippen LogP contribution in [-0.2, 0) is 17.9 Å². The summed E-state index contributed by atoms with van der Waals surface area (Å²) in [6, 6.07) is 11.3. The third kappa shape index (κ3) is 7.24. The van der Waals surface area contributed by atoms with Crippen LogP contribution in [0.15, 0.2) is 47.5 Å². The average Bonchev–Trinajstić information content (AvgIpc) is 2.68. The molecule has 0 saturated heterocycles. The topological polar surface area (TPSA) is 99.9 Å². The molecule has 0 radical (unpaired) electrons. The number of halogens is 2. The molecule has 0 atom stereocenters. The fourth-order valence-electron chi connectivity index (χ4n) is 2.23. The van der Waals surface area contributed by atoms with Crippen LogP contribution in [0, 0.1) is 10.1 Å². The lowest BCUT2D eigenvalue weighted by Crippen LogP contribution is -2.42. The fourth-order valence-corrected chi connectivity index (χ4v) is 2.70. The Balaban J connectivity index is 2.09. The van der Waals surface area contributed by atoms with Gasteiger partial charge in [-0.1, -0.05) is 41.4 Å². The Hall–Kier alpha value is -2.84. The maximum absolute atomic E-state index is 11.9. The summed E-state index contributed by atoms with van der Waals surface area (Å²) < 4.78 is 0. The number of nitrogens with zero attached hydrogens (tertiary/aromatic N) is 3. The molecule has 0 unspecified atom stereocenters. The highest BCUT2D eigenvalue weighted by Gasteiger charge is 2.08. The van der Waals surface area contributed by atoms with Gasteiger partial charge in [0.05, 0.1) is 18.0 Å². The number of hydrogen-bond donors (Lipinski definition) is 2. The van der Waals surface area contributed by atoms with Gasteiger partial charge in [-0.15, -0.1) is 0 Å². The minimum atomic E-state index is -0.454. The van der Waals surface area contributed by atoms with Crippen molar-refractivity contribution in [2.75, 3.05) is 20.6 Å². The number of carbonyl (C=O) groups is 1. The summed E-state index contributed by atoms with van der Waals surface area (Å²) in [4.78, 5) is 28.1. The van der Waals surface area contributed by atoms with E-state index in [0.717, 1.165) is 11.1 Å². The molecule has 2 N–H and O–H groups in total. The largest absolute Gasteiger partial charge is 0.352 e. The normalized spacial score (nSPS) is 11.1. The summed E-state index contributed by atoms with van der Waals surface area (Å²) >= 11 is 12.1. The van der Waals surface area contributed by atoms with Crippen LogP contribution in [0.3, 0.4) is 0 Å². The van der Waals surface area contributed by atoms with Crippen LogP contribution in [0.5, 0.6) is 0 Å². The highest BCUT2D eigenvalue weighted by molar-refractivity contribution is 6.35. The average molecular weight is 438 g/mol. The van der Waals surface area contributed by atoms with Crippen molar-refractivity contribution in [2.24, 2.45) is 4.99 Å². The van der Waals surface area contributed by atoms with E-state index in [1.807, 2.05) is 0 Å². The first-order valence-electron chi connectivity index (χ1n) is 8.66. The van der Waals surface area contributed by atoms with Crippen LogP contribution in [0.2, 0.25) is 10.0 Å². The molecule has 0 aliphatic rings. The number of hydrogen-bond acceptors (Lipinski definition) is 4. The maximum atomic E-state index is 11.9. The summed E-state index contributed by atoms with van der Waals surface area (Å²) in [5.74, 6) is 0.295. The fraction of sp³-hybridized carbons (Fsp3) is 0.263. The molecule has 0 spiro atoms. The van der Waals surface area contributed by atoms with Crippen molar-refractivity contribution >= 4 is 40.8 Å². The van der Waals surface area contributed by atoms with Crippen molar-refractivity contribution in [1.82, 2.24) is 15.5 Å². The van der Waals surface area contributed by atoms with Gasteiger partial charge in [0.2, 0.25) is 5.91 Å². The van der Waals surface area contributed by atoms with Gasteiger partial charge in [-0.25, -0.2) is 4.99 Å². The van der Waals surface area contributed by atoms with Crippen LogP contribution in [0.4, 0.5) is 5.69 Å². The monoisotopic (exact) mass is 437 g/mol. The van der Waals surface area contributed by atoms with E-state index < -0.39 is 4.92 Å². The highest BCUT2D eigenvalue weighted by atomic mass is 35.5.